The van der Waals surface area contributed by atoms with E-state index < -0.39 is 11.2 Å². The van der Waals surface area contributed by atoms with Crippen molar-refractivity contribution in [3.05, 3.63) is 86.6 Å². The number of para-hydroxylation sites is 1. The Morgan fingerprint density at radius 3 is 2.41 bits per heavy atom. The fourth-order valence-electron chi connectivity index (χ4n) is 3.48. The minimum Gasteiger partial charge on any atom is -0.383 e. The van der Waals surface area contributed by atoms with Gasteiger partial charge in [0.2, 0.25) is 5.91 Å². The molecule has 0 saturated heterocycles. The molecule has 1 aromatic heterocycles. The standard InChI is InChI=1S/C24H29N5O3/c1-16(2)14-28(20(30)13-26-19-12-8-7-9-17(19)3)21-22(25)29(24(32)27-23(21)31)15-18-10-5-4-6-11-18/h4-12,16,26H,13-15,25H2,1-3H3,(H,27,31,32). The van der Waals surface area contributed by atoms with E-state index in [4.69, 9.17) is 5.73 Å². The van der Waals surface area contributed by atoms with Crippen LogP contribution in [0.25, 0.3) is 0 Å². The first-order chi connectivity index (χ1) is 15.3. The molecule has 8 nitrogen and oxygen atoms in total. The van der Waals surface area contributed by atoms with Gasteiger partial charge < -0.3 is 16.0 Å². The molecule has 0 atom stereocenters. The lowest BCUT2D eigenvalue weighted by atomic mass is 10.2. The van der Waals surface area contributed by atoms with Gasteiger partial charge >= 0.3 is 5.69 Å². The molecule has 0 spiro atoms. The van der Waals surface area contributed by atoms with E-state index in [1.807, 2.05) is 75.4 Å². The lowest BCUT2D eigenvalue weighted by Gasteiger charge is -2.26. The summed E-state index contributed by atoms with van der Waals surface area (Å²) in [4.78, 5) is 42.1. The summed E-state index contributed by atoms with van der Waals surface area (Å²) in [6.45, 7) is 6.28. The van der Waals surface area contributed by atoms with Crippen LogP contribution in [0.5, 0.6) is 0 Å². The summed E-state index contributed by atoms with van der Waals surface area (Å²) >= 11 is 0. The van der Waals surface area contributed by atoms with Crippen LogP contribution in [0.4, 0.5) is 17.2 Å². The van der Waals surface area contributed by atoms with Gasteiger partial charge in [0.25, 0.3) is 5.56 Å². The van der Waals surface area contributed by atoms with Crippen LogP contribution in [-0.2, 0) is 11.3 Å². The number of nitrogen functional groups attached to an aromatic ring is 1. The topological polar surface area (TPSA) is 113 Å². The number of rotatable bonds is 8. The van der Waals surface area contributed by atoms with Gasteiger partial charge in [-0.15, -0.1) is 0 Å². The van der Waals surface area contributed by atoms with E-state index >= 15 is 0 Å². The fraction of sp³-hybridized carbons (Fsp3) is 0.292. The van der Waals surface area contributed by atoms with Crippen molar-refractivity contribution in [2.75, 3.05) is 29.0 Å². The van der Waals surface area contributed by atoms with Crippen molar-refractivity contribution in [1.29, 1.82) is 0 Å². The zero-order valence-corrected chi connectivity index (χ0v) is 18.6. The number of nitrogens with one attached hydrogen (secondary N) is 2. The van der Waals surface area contributed by atoms with Crippen molar-refractivity contribution in [3.63, 3.8) is 0 Å². The molecule has 0 aliphatic heterocycles. The number of carbonyl (C=O) groups excluding carboxylic acids is 1. The van der Waals surface area contributed by atoms with Crippen molar-refractivity contribution in [2.45, 2.75) is 27.3 Å². The Hall–Kier alpha value is -3.81. The fourth-order valence-corrected chi connectivity index (χ4v) is 3.48. The highest BCUT2D eigenvalue weighted by Gasteiger charge is 2.25. The van der Waals surface area contributed by atoms with Crippen LogP contribution in [0.3, 0.4) is 0 Å². The van der Waals surface area contributed by atoms with Crippen molar-refractivity contribution in [2.24, 2.45) is 5.92 Å². The summed E-state index contributed by atoms with van der Waals surface area (Å²) in [7, 11) is 0. The number of anilines is 3. The molecule has 0 unspecified atom stereocenters. The Kier molecular flexibility index (Phi) is 7.14. The zero-order valence-electron chi connectivity index (χ0n) is 18.6. The minimum absolute atomic E-state index is 0.00850. The zero-order chi connectivity index (χ0) is 23.3. The van der Waals surface area contributed by atoms with Gasteiger partial charge in [-0.3, -0.25) is 19.1 Å². The monoisotopic (exact) mass is 435 g/mol. The third-order valence-electron chi connectivity index (χ3n) is 5.09. The minimum atomic E-state index is -0.679. The number of nitrogens with zero attached hydrogens (tertiary/aromatic N) is 2. The number of aromatic nitrogens is 2. The molecule has 1 amide bonds. The summed E-state index contributed by atoms with van der Waals surface area (Å²) in [6.07, 6.45) is 0. The normalized spacial score (nSPS) is 10.9. The van der Waals surface area contributed by atoms with E-state index in [2.05, 4.69) is 10.3 Å². The molecule has 3 rings (SSSR count). The smallest absolute Gasteiger partial charge is 0.330 e. The molecule has 2 aromatic carbocycles. The molecule has 0 aliphatic rings. The first kappa shape index (κ1) is 22.9. The molecule has 3 aromatic rings. The Labute approximate surface area is 186 Å². The van der Waals surface area contributed by atoms with Crippen LogP contribution in [-0.4, -0.2) is 28.5 Å². The molecule has 0 fully saturated rings. The Morgan fingerprint density at radius 1 is 1.09 bits per heavy atom. The molecular formula is C24H29N5O3. The Balaban J connectivity index is 1.96. The van der Waals surface area contributed by atoms with Gasteiger partial charge in [-0.2, -0.15) is 0 Å². The van der Waals surface area contributed by atoms with E-state index in [9.17, 15) is 14.4 Å². The quantitative estimate of drug-likeness (QED) is 0.503. The van der Waals surface area contributed by atoms with Gasteiger partial charge in [0.15, 0.2) is 5.69 Å². The third-order valence-corrected chi connectivity index (χ3v) is 5.09. The van der Waals surface area contributed by atoms with Crippen molar-refractivity contribution in [3.8, 4) is 0 Å². The molecule has 0 radical (unpaired) electrons. The van der Waals surface area contributed by atoms with E-state index in [-0.39, 0.29) is 43.0 Å². The number of hydrogen-bond acceptors (Lipinski definition) is 5. The average Bonchev–Trinajstić information content (AvgIpc) is 2.75. The predicted molar refractivity (Wildman–Crippen MR) is 128 cm³/mol. The van der Waals surface area contributed by atoms with Crippen LogP contribution in [0.1, 0.15) is 25.0 Å². The van der Waals surface area contributed by atoms with Gasteiger partial charge in [0.1, 0.15) is 5.82 Å². The predicted octanol–water partition coefficient (Wildman–Crippen LogP) is 2.58. The van der Waals surface area contributed by atoms with Crippen LogP contribution in [0, 0.1) is 12.8 Å². The van der Waals surface area contributed by atoms with Gasteiger partial charge in [-0.1, -0.05) is 62.4 Å². The first-order valence-corrected chi connectivity index (χ1v) is 10.5. The highest BCUT2D eigenvalue weighted by atomic mass is 16.2. The molecule has 0 aliphatic carbocycles. The summed E-state index contributed by atoms with van der Waals surface area (Å²) in [5.41, 5.74) is 7.69. The van der Waals surface area contributed by atoms with Crippen LogP contribution < -0.4 is 27.2 Å². The van der Waals surface area contributed by atoms with Gasteiger partial charge in [0.05, 0.1) is 13.1 Å². The van der Waals surface area contributed by atoms with Crippen LogP contribution >= 0.6 is 0 Å². The summed E-state index contributed by atoms with van der Waals surface area (Å²) in [5, 5.41) is 3.13. The molecule has 4 N–H and O–H groups in total. The number of amides is 1. The second-order valence-corrected chi connectivity index (χ2v) is 8.13. The maximum atomic E-state index is 13.2. The maximum absolute atomic E-state index is 13.2. The number of hydrogen-bond donors (Lipinski definition) is 3. The summed E-state index contributed by atoms with van der Waals surface area (Å²) in [6, 6.07) is 16.9. The van der Waals surface area contributed by atoms with Gasteiger partial charge in [-0.05, 0) is 30.0 Å². The van der Waals surface area contributed by atoms with Crippen molar-refractivity contribution < 1.29 is 4.79 Å². The van der Waals surface area contributed by atoms with Crippen LogP contribution in [0.2, 0.25) is 0 Å². The van der Waals surface area contributed by atoms with Gasteiger partial charge in [0, 0.05) is 12.2 Å². The van der Waals surface area contributed by atoms with Crippen molar-refractivity contribution >= 4 is 23.1 Å². The molecule has 1 heterocycles. The van der Waals surface area contributed by atoms with E-state index in [1.54, 1.807) is 0 Å². The summed E-state index contributed by atoms with van der Waals surface area (Å²) < 4.78 is 1.28. The summed E-state index contributed by atoms with van der Waals surface area (Å²) in [5.74, 6) is -0.276. The molecule has 8 heteroatoms. The third kappa shape index (κ3) is 5.26. The second kappa shape index (κ2) is 10.00. The Bertz CT molecular complexity index is 1200. The molecule has 0 bridgehead atoms. The highest BCUT2D eigenvalue weighted by molar-refractivity contribution is 5.98. The van der Waals surface area contributed by atoms with E-state index in [0.717, 1.165) is 16.8 Å². The Morgan fingerprint density at radius 2 is 1.75 bits per heavy atom. The average molecular weight is 436 g/mol. The highest BCUT2D eigenvalue weighted by Crippen LogP contribution is 2.20. The van der Waals surface area contributed by atoms with Gasteiger partial charge in [-0.25, -0.2) is 4.79 Å². The SMILES string of the molecule is Cc1ccccc1NCC(=O)N(CC(C)C)c1c(N)n(Cc2ccccc2)c(=O)[nH]c1=O. The lowest BCUT2D eigenvalue weighted by Crippen LogP contribution is -2.44. The van der Waals surface area contributed by atoms with E-state index in [1.165, 1.54) is 9.47 Å². The van der Waals surface area contributed by atoms with Crippen molar-refractivity contribution in [1.82, 2.24) is 9.55 Å². The number of benzene rings is 2. The number of aromatic amines is 1. The first-order valence-electron chi connectivity index (χ1n) is 10.5. The molecule has 0 saturated carbocycles. The maximum Gasteiger partial charge on any atom is 0.330 e. The number of aryl methyl sites for hydroxylation is 1. The molecule has 32 heavy (non-hydrogen) atoms. The second-order valence-electron chi connectivity index (χ2n) is 8.13. The van der Waals surface area contributed by atoms with Crippen LogP contribution in [0.15, 0.2) is 64.2 Å². The van der Waals surface area contributed by atoms with E-state index in [0.29, 0.717) is 0 Å². The number of H-pyrrole nitrogens is 1. The number of carbonyl (C=O) groups is 1. The molecule has 168 valence electrons. The lowest BCUT2D eigenvalue weighted by molar-refractivity contribution is -0.117. The molecular weight excluding hydrogens is 406 g/mol. The largest absolute Gasteiger partial charge is 0.383 e. The number of nitrogens with two attached hydrogens (primary N) is 1.